The van der Waals surface area contributed by atoms with Gasteiger partial charge in [-0.3, -0.25) is 0 Å². The van der Waals surface area contributed by atoms with Gasteiger partial charge < -0.3 is 130 Å². The molecule has 0 bridgehead atoms. The molecule has 0 unspecified atom stereocenters. The van der Waals surface area contributed by atoms with Crippen molar-refractivity contribution in [3.05, 3.63) is 0 Å². The largest absolute Gasteiger partial charge is 3.00 e. The van der Waals surface area contributed by atoms with Gasteiger partial charge in [-0.1, -0.05) is 0 Å². The van der Waals surface area contributed by atoms with Crippen molar-refractivity contribution in [1.29, 1.82) is 0 Å². The van der Waals surface area contributed by atoms with E-state index in [9.17, 15) is 0 Å². The van der Waals surface area contributed by atoms with Crippen molar-refractivity contribution in [1.82, 2.24) is 0 Å². The van der Waals surface area contributed by atoms with E-state index in [4.69, 9.17) is 0 Å². The Morgan fingerprint density at radius 3 is 0.235 bits per heavy atom. The van der Waals surface area contributed by atoms with Crippen molar-refractivity contribution in [2.75, 3.05) is 0 Å². The van der Waals surface area contributed by atoms with Gasteiger partial charge in [-0.2, -0.15) is 0 Å². The Labute approximate surface area is 362 Å². The monoisotopic (exact) mass is 727 g/mol. The summed E-state index contributed by atoms with van der Waals surface area (Å²) in [6.07, 6.45) is 0. The second kappa shape index (κ2) is 155. The predicted molar refractivity (Wildman–Crippen MR) is 3.61 cm³/mol. The Bertz CT molecular complexity index is 26.3. The van der Waals surface area contributed by atoms with E-state index in [0.717, 1.165) is 0 Å². The van der Waals surface area contributed by atoms with E-state index in [-0.39, 0.29) is 374 Å². The average Bonchev–Trinajstić information content (AvgIpc) is 0. The van der Waals surface area contributed by atoms with Crippen molar-refractivity contribution < 1.29 is 374 Å². The van der Waals surface area contributed by atoms with E-state index >= 15 is 0 Å². The molecule has 17 heavy (non-hydrogen) atoms. The smallest absolute Gasteiger partial charge is 1.00 e. The van der Waals surface area contributed by atoms with Crippen molar-refractivity contribution in [3.63, 3.8) is 0 Å². The summed E-state index contributed by atoms with van der Waals surface area (Å²) in [5.74, 6) is 0. The summed E-state index contributed by atoms with van der Waals surface area (Å²) in [4.78, 5) is 0. The van der Waals surface area contributed by atoms with Crippen molar-refractivity contribution >= 4 is 0 Å². The Morgan fingerprint density at radius 2 is 0.235 bits per heavy atom. The molecule has 0 aliphatic carbocycles. The van der Waals surface area contributed by atoms with Crippen molar-refractivity contribution in [2.24, 2.45) is 0 Å². The van der Waals surface area contributed by atoms with Crippen LogP contribution in [0.25, 0.3) is 0 Å². The molecule has 1 nitrogen and oxygen atoms in total. The second-order valence-electron chi connectivity index (χ2n) is 0. The van der Waals surface area contributed by atoms with E-state index in [1.807, 2.05) is 0 Å². The Balaban J connectivity index is 0. The maximum atomic E-state index is 0. The van der Waals surface area contributed by atoms with Crippen LogP contribution in [-0.4, -0.2) is 5.48 Å². The first-order valence-electron chi connectivity index (χ1n) is 0. The van der Waals surface area contributed by atoms with Crippen molar-refractivity contribution in [2.45, 2.75) is 0 Å². The molecular weight excluding hydrogens is 729 g/mol. The van der Waals surface area contributed by atoms with Gasteiger partial charge in [-0.15, -0.1) is 0 Å². The van der Waals surface area contributed by atoms with Crippen LogP contribution in [0.15, 0.2) is 0 Å². The molecule has 98 valence electrons. The SMILES string of the molecule is O.[Cl-].[Cl-].[Cl-].[Cl-].[Cl-].[Cl-].[Cl-].[Cl-].[Cl-].[Cl-].[K+].[K+].[K+].[K+].[Ru+3].[Ru+3]. The van der Waals surface area contributed by atoms with Crippen LogP contribution in [0.3, 0.4) is 0 Å². The first-order chi connectivity index (χ1) is 0. The quantitative estimate of drug-likeness (QED) is 0.222. The minimum absolute atomic E-state index is 0. The van der Waals surface area contributed by atoms with Crippen LogP contribution in [0, 0.1) is 0 Å². The van der Waals surface area contributed by atoms with Gasteiger partial charge in [0.2, 0.25) is 0 Å². The summed E-state index contributed by atoms with van der Waals surface area (Å²) < 4.78 is 0. The Morgan fingerprint density at radius 1 is 0.235 bits per heavy atom. The minimum Gasteiger partial charge on any atom is -1.00 e. The topological polar surface area (TPSA) is 31.5 Å². The van der Waals surface area contributed by atoms with Gasteiger partial charge in [0.05, 0.1) is 0 Å². The van der Waals surface area contributed by atoms with E-state index in [2.05, 4.69) is 0 Å². The third kappa shape index (κ3) is 143. The predicted octanol–water partition coefficient (Wildman–Crippen LogP) is -42.8. The first-order valence-corrected chi connectivity index (χ1v) is 0. The van der Waals surface area contributed by atoms with E-state index in [0.29, 0.717) is 0 Å². The molecule has 17 heteroatoms. The molecule has 0 aromatic rings. The molecule has 0 aliphatic rings. The fraction of sp³-hybridized carbons (Fsp3) is 0. The summed E-state index contributed by atoms with van der Waals surface area (Å²) >= 11 is 0. The fourth-order valence-electron chi connectivity index (χ4n) is 0. The van der Waals surface area contributed by atoms with Gasteiger partial charge in [-0.25, -0.2) is 0 Å². The number of hydrogen-bond donors (Lipinski definition) is 0. The van der Waals surface area contributed by atoms with Crippen LogP contribution in [0.2, 0.25) is 0 Å². The van der Waals surface area contributed by atoms with Gasteiger partial charge in [0.25, 0.3) is 0 Å². The molecule has 0 amide bonds. The van der Waals surface area contributed by atoms with Crippen LogP contribution >= 0.6 is 0 Å². The van der Waals surface area contributed by atoms with Crippen LogP contribution in [0.1, 0.15) is 0 Å². The maximum absolute atomic E-state index is 0. The molecule has 0 saturated carbocycles. The molecule has 0 rings (SSSR count). The Kier molecular flexibility index (Phi) is 1570. The third-order valence-corrected chi connectivity index (χ3v) is 0. The zero-order chi connectivity index (χ0) is 0. The zero-order valence-electron chi connectivity index (χ0n) is 8.99. The first kappa shape index (κ1) is 173. The second-order valence-corrected chi connectivity index (χ2v) is 0. The summed E-state index contributed by atoms with van der Waals surface area (Å²) in [5.41, 5.74) is 0. The van der Waals surface area contributed by atoms with Gasteiger partial charge in [0.15, 0.2) is 0 Å². The fourth-order valence-corrected chi connectivity index (χ4v) is 0. The van der Waals surface area contributed by atoms with Crippen LogP contribution in [0.5, 0.6) is 0 Å². The molecule has 0 aromatic carbocycles. The molecule has 0 saturated heterocycles. The van der Waals surface area contributed by atoms with Gasteiger partial charge >= 0.3 is 244 Å². The van der Waals surface area contributed by atoms with E-state index in [1.54, 1.807) is 0 Å². The van der Waals surface area contributed by atoms with Gasteiger partial charge in [0, 0.05) is 0 Å². The molecule has 0 fully saturated rings. The van der Waals surface area contributed by atoms with Crippen LogP contribution in [-0.2, 0) is 39.0 Å². The summed E-state index contributed by atoms with van der Waals surface area (Å²) in [7, 11) is 0. The summed E-state index contributed by atoms with van der Waals surface area (Å²) in [6.45, 7) is 0. The molecular formula is H2Cl10K4ORu2. The normalized spacial score (nSPS) is 0. The summed E-state index contributed by atoms with van der Waals surface area (Å²) in [6, 6.07) is 0. The molecule has 0 atom stereocenters. The standard InChI is InChI=1S/10ClH.4K.H2O.2Ru/h10*1H;;;;;1H2;;/q;;;;;;;;;;4*+1;;2*+3/p-10. The van der Waals surface area contributed by atoms with Gasteiger partial charge in [0.1, 0.15) is 0 Å². The summed E-state index contributed by atoms with van der Waals surface area (Å²) in [5, 5.41) is 0. The number of rotatable bonds is 0. The molecule has 2 radical (unpaired) electrons. The average molecular weight is 731 g/mol. The van der Waals surface area contributed by atoms with Crippen LogP contribution in [0.4, 0.5) is 0 Å². The van der Waals surface area contributed by atoms with Gasteiger partial charge in [-0.05, 0) is 0 Å². The molecule has 0 heterocycles. The Hall–Kier alpha value is 10.7. The molecule has 2 N–H and O–H groups in total. The van der Waals surface area contributed by atoms with Crippen LogP contribution < -0.4 is 330 Å². The molecule has 0 spiro atoms. The van der Waals surface area contributed by atoms with Crippen molar-refractivity contribution in [3.8, 4) is 0 Å². The maximum Gasteiger partial charge on any atom is 3.00 e. The van der Waals surface area contributed by atoms with E-state index < -0.39 is 0 Å². The van der Waals surface area contributed by atoms with E-state index in [1.165, 1.54) is 0 Å². The third-order valence-electron chi connectivity index (χ3n) is 0. The number of hydrogen-bond acceptors (Lipinski definition) is 0. The molecule has 0 aliphatic heterocycles. The minimum atomic E-state index is 0. The zero-order valence-corrected chi connectivity index (χ0v) is 32.5. The molecule has 0 aromatic heterocycles. The number of halogens is 10.